The van der Waals surface area contributed by atoms with E-state index >= 15 is 0 Å². The number of nitrogens with two attached hydrogens (primary N) is 1. The molecule has 0 fully saturated rings. The van der Waals surface area contributed by atoms with Gasteiger partial charge in [-0.15, -0.1) is 11.3 Å². The molecule has 1 aromatic heterocycles. The Morgan fingerprint density at radius 1 is 1.52 bits per heavy atom. The third-order valence-electron chi connectivity index (χ3n) is 2.58. The Labute approximate surface area is 136 Å². The van der Waals surface area contributed by atoms with Crippen LogP contribution in [0.15, 0.2) is 29.6 Å². The number of benzene rings is 1. The normalized spacial score (nSPS) is 10.2. The van der Waals surface area contributed by atoms with E-state index in [1.807, 2.05) is 12.3 Å². The molecule has 0 aliphatic rings. The van der Waals surface area contributed by atoms with E-state index in [1.165, 1.54) is 11.3 Å². The Bertz CT molecular complexity index is 685. The summed E-state index contributed by atoms with van der Waals surface area (Å²) in [6, 6.07) is 6.99. The number of nitrogens with one attached hydrogen (secondary N) is 1. The van der Waals surface area contributed by atoms with Crippen LogP contribution in [0.1, 0.15) is 15.2 Å². The van der Waals surface area contributed by atoms with Gasteiger partial charge in [0.1, 0.15) is 22.2 Å². The third-order valence-corrected chi connectivity index (χ3v) is 4.39. The van der Waals surface area contributed by atoms with E-state index in [0.29, 0.717) is 21.3 Å². The fourth-order valence-electron chi connectivity index (χ4n) is 1.59. The first-order valence-corrected chi connectivity index (χ1v) is 7.70. The second kappa shape index (κ2) is 6.89. The molecule has 0 unspecified atom stereocenters. The van der Waals surface area contributed by atoms with Gasteiger partial charge >= 0.3 is 0 Å². The summed E-state index contributed by atoms with van der Waals surface area (Å²) in [7, 11) is 0. The van der Waals surface area contributed by atoms with Gasteiger partial charge in [-0.25, -0.2) is 0 Å². The van der Waals surface area contributed by atoms with Crippen molar-refractivity contribution in [3.63, 3.8) is 0 Å². The first-order valence-electron chi connectivity index (χ1n) is 6.03. The lowest BCUT2D eigenvalue weighted by atomic mass is 10.3. The second-order valence-corrected chi connectivity index (χ2v) is 6.08. The number of carbonyl (C=O) groups is 1. The maximum absolute atomic E-state index is 12.2. The summed E-state index contributed by atoms with van der Waals surface area (Å²) in [5.74, 6) is 0.332. The van der Waals surface area contributed by atoms with Crippen molar-refractivity contribution in [3.8, 4) is 5.75 Å². The van der Waals surface area contributed by atoms with Crippen LogP contribution < -0.4 is 15.8 Å². The Kier molecular flexibility index (Phi) is 5.17. The summed E-state index contributed by atoms with van der Waals surface area (Å²) in [6.45, 7) is 2.02. The van der Waals surface area contributed by atoms with Gasteiger partial charge in [-0.1, -0.05) is 29.9 Å². The topological polar surface area (TPSA) is 64.3 Å². The van der Waals surface area contributed by atoms with E-state index < -0.39 is 0 Å². The number of hydrogen-bond acceptors (Lipinski definition) is 4. The van der Waals surface area contributed by atoms with Crippen LogP contribution in [0.4, 0.5) is 5.69 Å². The number of aryl methyl sites for hydroxylation is 1. The molecule has 0 spiro atoms. The van der Waals surface area contributed by atoms with Crippen LogP contribution in [0.2, 0.25) is 5.02 Å². The lowest BCUT2D eigenvalue weighted by Crippen LogP contribution is -2.18. The van der Waals surface area contributed by atoms with E-state index in [4.69, 9.17) is 34.3 Å². The molecule has 0 saturated heterocycles. The van der Waals surface area contributed by atoms with Gasteiger partial charge in [-0.3, -0.25) is 4.79 Å². The number of anilines is 1. The van der Waals surface area contributed by atoms with Crippen molar-refractivity contribution in [2.75, 3.05) is 11.9 Å². The summed E-state index contributed by atoms with van der Waals surface area (Å²) in [5, 5.41) is 5.11. The van der Waals surface area contributed by atoms with E-state index in [-0.39, 0.29) is 17.5 Å². The van der Waals surface area contributed by atoms with Gasteiger partial charge < -0.3 is 15.8 Å². The lowest BCUT2D eigenvalue weighted by Gasteiger charge is -2.08. The number of thiophene rings is 1. The number of rotatable bonds is 5. The molecule has 2 aromatic rings. The van der Waals surface area contributed by atoms with Gasteiger partial charge in [-0.2, -0.15) is 0 Å². The van der Waals surface area contributed by atoms with Crippen molar-refractivity contribution >= 4 is 51.7 Å². The molecule has 1 amide bonds. The summed E-state index contributed by atoms with van der Waals surface area (Å²) in [6.07, 6.45) is 0. The average Bonchev–Trinajstić information content (AvgIpc) is 2.77. The fourth-order valence-corrected chi connectivity index (χ4v) is 2.82. The molecule has 0 atom stereocenters. The number of carbonyl (C=O) groups excluding carboxylic acids is 1. The molecule has 0 aliphatic heterocycles. The minimum atomic E-state index is -0.246. The zero-order chi connectivity index (χ0) is 15.4. The maximum atomic E-state index is 12.2. The van der Waals surface area contributed by atoms with Crippen molar-refractivity contribution in [1.82, 2.24) is 0 Å². The molecule has 110 valence electrons. The van der Waals surface area contributed by atoms with E-state index in [9.17, 15) is 4.79 Å². The third kappa shape index (κ3) is 4.17. The molecule has 1 aromatic carbocycles. The van der Waals surface area contributed by atoms with E-state index in [2.05, 4.69) is 5.32 Å². The average molecular weight is 341 g/mol. The highest BCUT2D eigenvalue weighted by atomic mass is 35.5. The Morgan fingerprint density at radius 2 is 2.29 bits per heavy atom. The molecule has 3 N–H and O–H groups in total. The summed E-state index contributed by atoms with van der Waals surface area (Å²) >= 11 is 12.1. The van der Waals surface area contributed by atoms with Crippen molar-refractivity contribution in [1.29, 1.82) is 0 Å². The SMILES string of the molecule is Cc1csc(C(=O)Nc2cccc(OCC(N)=S)c2)c1Cl. The molecule has 1 heterocycles. The Morgan fingerprint density at radius 3 is 2.90 bits per heavy atom. The van der Waals surface area contributed by atoms with Crippen LogP contribution >= 0.6 is 35.2 Å². The monoisotopic (exact) mass is 340 g/mol. The Hall–Kier alpha value is -1.63. The first-order chi connectivity index (χ1) is 9.97. The standard InChI is InChI=1S/C14H13ClN2O2S2/c1-8-7-21-13(12(8)15)14(18)17-9-3-2-4-10(5-9)19-6-11(16)20/h2-5,7H,6H2,1H3,(H2,16,20)(H,17,18). The van der Waals surface area contributed by atoms with Crippen LogP contribution in [-0.2, 0) is 0 Å². The van der Waals surface area contributed by atoms with E-state index in [1.54, 1.807) is 24.3 Å². The minimum absolute atomic E-state index is 0.155. The zero-order valence-electron chi connectivity index (χ0n) is 11.2. The van der Waals surface area contributed by atoms with Crippen molar-refractivity contribution in [2.24, 2.45) is 5.73 Å². The van der Waals surface area contributed by atoms with Crippen LogP contribution in [0, 0.1) is 6.92 Å². The van der Waals surface area contributed by atoms with Crippen molar-refractivity contribution in [2.45, 2.75) is 6.92 Å². The van der Waals surface area contributed by atoms with Gasteiger partial charge in [0.2, 0.25) is 0 Å². The molecule has 7 heteroatoms. The number of thiocarbonyl (C=S) groups is 1. The fraction of sp³-hybridized carbons (Fsp3) is 0.143. The minimum Gasteiger partial charge on any atom is -0.486 e. The molecular formula is C14H13ClN2O2S2. The maximum Gasteiger partial charge on any atom is 0.267 e. The van der Waals surface area contributed by atoms with Gasteiger partial charge in [0, 0.05) is 11.8 Å². The van der Waals surface area contributed by atoms with E-state index in [0.717, 1.165) is 5.56 Å². The highest BCUT2D eigenvalue weighted by molar-refractivity contribution is 7.80. The summed E-state index contributed by atoms with van der Waals surface area (Å²) < 4.78 is 5.38. The number of amides is 1. The second-order valence-electron chi connectivity index (χ2n) is 4.30. The molecule has 0 bridgehead atoms. The highest BCUT2D eigenvalue weighted by Gasteiger charge is 2.14. The smallest absolute Gasteiger partial charge is 0.267 e. The quantitative estimate of drug-likeness (QED) is 0.816. The van der Waals surface area contributed by atoms with Crippen molar-refractivity contribution in [3.05, 3.63) is 45.1 Å². The van der Waals surface area contributed by atoms with Crippen LogP contribution in [-0.4, -0.2) is 17.5 Å². The number of ether oxygens (including phenoxy) is 1. The first kappa shape index (κ1) is 15.8. The largest absolute Gasteiger partial charge is 0.486 e. The van der Waals surface area contributed by atoms with Crippen molar-refractivity contribution < 1.29 is 9.53 Å². The molecular weight excluding hydrogens is 328 g/mol. The molecule has 4 nitrogen and oxygen atoms in total. The zero-order valence-corrected chi connectivity index (χ0v) is 13.6. The molecule has 0 radical (unpaired) electrons. The lowest BCUT2D eigenvalue weighted by molar-refractivity contribution is 0.103. The predicted octanol–water partition coefficient (Wildman–Crippen LogP) is 3.63. The number of halogens is 1. The molecule has 2 rings (SSSR count). The van der Waals surface area contributed by atoms with Crippen LogP contribution in [0.25, 0.3) is 0 Å². The Balaban J connectivity index is 2.09. The van der Waals surface area contributed by atoms with Gasteiger partial charge in [0.25, 0.3) is 5.91 Å². The highest BCUT2D eigenvalue weighted by Crippen LogP contribution is 2.28. The molecule has 0 aliphatic carbocycles. The predicted molar refractivity (Wildman–Crippen MR) is 90.7 cm³/mol. The van der Waals surface area contributed by atoms with Gasteiger partial charge in [-0.05, 0) is 30.0 Å². The van der Waals surface area contributed by atoms with Gasteiger partial charge in [0.15, 0.2) is 0 Å². The summed E-state index contributed by atoms with van der Waals surface area (Å²) in [4.78, 5) is 12.9. The number of hydrogen-bond donors (Lipinski definition) is 2. The van der Waals surface area contributed by atoms with Gasteiger partial charge in [0.05, 0.1) is 5.02 Å². The van der Waals surface area contributed by atoms with Crippen LogP contribution in [0.3, 0.4) is 0 Å². The van der Waals surface area contributed by atoms with Crippen LogP contribution in [0.5, 0.6) is 5.75 Å². The summed E-state index contributed by atoms with van der Waals surface area (Å²) in [5.41, 5.74) is 6.88. The molecule has 0 saturated carbocycles. The molecule has 21 heavy (non-hydrogen) atoms.